The van der Waals surface area contributed by atoms with Crippen molar-refractivity contribution >= 4 is 17.7 Å². The van der Waals surface area contributed by atoms with E-state index in [4.69, 9.17) is 4.52 Å². The zero-order chi connectivity index (χ0) is 26.7. The Labute approximate surface area is 221 Å². The molecule has 4 rings (SSSR count). The maximum Gasteiger partial charge on any atom is 0.223 e. The number of nitrogens with zero attached hydrogens (tertiary/aromatic N) is 3. The number of hydrogen-bond acceptors (Lipinski definition) is 5. The molecule has 0 unspecified atom stereocenters. The van der Waals surface area contributed by atoms with Crippen molar-refractivity contribution in [2.75, 3.05) is 19.6 Å². The predicted molar refractivity (Wildman–Crippen MR) is 142 cm³/mol. The SMILES string of the molecule is Cc1noc(C)c1CCC(=O)N1C[C@@H]2C[C@H](C1)[C@@H]1CCCC(=O)N[C@H](C(C)C)CC[C@@H](C)CC(=O)N1C2. The smallest absolute Gasteiger partial charge is 0.223 e. The van der Waals surface area contributed by atoms with Gasteiger partial charge in [-0.05, 0) is 76.0 Å². The molecule has 1 N–H and O–H groups in total. The number of hydrogen-bond donors (Lipinski definition) is 1. The minimum Gasteiger partial charge on any atom is -0.361 e. The number of nitrogens with one attached hydrogen (secondary N) is 1. The first-order chi connectivity index (χ1) is 17.6. The van der Waals surface area contributed by atoms with Gasteiger partial charge in [0.1, 0.15) is 5.76 Å². The van der Waals surface area contributed by atoms with Crippen molar-refractivity contribution in [3.05, 3.63) is 17.0 Å². The van der Waals surface area contributed by atoms with Crippen LogP contribution < -0.4 is 5.32 Å². The van der Waals surface area contributed by atoms with E-state index in [0.29, 0.717) is 44.1 Å². The average molecular weight is 515 g/mol. The predicted octanol–water partition coefficient (Wildman–Crippen LogP) is 4.03. The van der Waals surface area contributed by atoms with Crippen LogP contribution in [0.15, 0.2) is 4.52 Å². The van der Waals surface area contributed by atoms with E-state index in [1.165, 1.54) is 0 Å². The summed E-state index contributed by atoms with van der Waals surface area (Å²) >= 11 is 0. The summed E-state index contributed by atoms with van der Waals surface area (Å²) in [4.78, 5) is 43.7. The van der Waals surface area contributed by atoms with Gasteiger partial charge in [0.15, 0.2) is 0 Å². The maximum absolute atomic E-state index is 13.5. The molecular weight excluding hydrogens is 468 g/mol. The lowest BCUT2D eigenvalue weighted by atomic mass is 9.77. The zero-order valence-electron chi connectivity index (χ0n) is 23.4. The van der Waals surface area contributed by atoms with Crippen molar-refractivity contribution in [2.24, 2.45) is 23.7 Å². The fraction of sp³-hybridized carbons (Fsp3) is 0.793. The fourth-order valence-corrected chi connectivity index (χ4v) is 6.76. The standard InChI is InChI=1S/C29H46N4O4/c1-18(2)25-11-9-19(3)13-29(36)33-16-22-14-23(26(33)7-6-8-27(34)30-25)17-32(15-22)28(35)12-10-24-20(4)31-37-21(24)5/h18-19,22-23,25-26H,6-17H2,1-5H3,(H,30,34)/t19-,22+,23-,25+,26+/m1/s1. The second-order valence-electron chi connectivity index (χ2n) is 12.3. The summed E-state index contributed by atoms with van der Waals surface area (Å²) in [5, 5.41) is 7.27. The lowest BCUT2D eigenvalue weighted by molar-refractivity contribution is -0.146. The van der Waals surface area contributed by atoms with Crippen molar-refractivity contribution in [1.82, 2.24) is 20.3 Å². The normalized spacial score (nSPS) is 29.7. The van der Waals surface area contributed by atoms with Gasteiger partial charge in [-0.3, -0.25) is 14.4 Å². The third-order valence-corrected chi connectivity index (χ3v) is 8.96. The molecular formula is C29H46N4O4. The van der Waals surface area contributed by atoms with Gasteiger partial charge in [0.2, 0.25) is 17.7 Å². The number of carbonyl (C=O) groups excluding carboxylic acids is 3. The van der Waals surface area contributed by atoms with Crippen LogP contribution in [0.3, 0.4) is 0 Å². The van der Waals surface area contributed by atoms with Gasteiger partial charge in [-0.1, -0.05) is 25.9 Å². The molecule has 8 heteroatoms. The lowest BCUT2D eigenvalue weighted by Gasteiger charge is -2.51. The highest BCUT2D eigenvalue weighted by molar-refractivity contribution is 5.78. The number of likely N-dealkylation sites (tertiary alicyclic amines) is 1. The molecule has 1 aromatic heterocycles. The molecule has 1 aromatic rings. The second kappa shape index (κ2) is 12.0. The monoisotopic (exact) mass is 514 g/mol. The summed E-state index contributed by atoms with van der Waals surface area (Å²) in [7, 11) is 0. The Kier molecular flexibility index (Phi) is 8.96. The van der Waals surface area contributed by atoms with Crippen LogP contribution in [-0.4, -0.2) is 64.4 Å². The molecule has 0 aliphatic carbocycles. The van der Waals surface area contributed by atoms with Crippen molar-refractivity contribution in [2.45, 2.75) is 104 Å². The van der Waals surface area contributed by atoms with Gasteiger partial charge in [0.05, 0.1) is 5.69 Å². The Morgan fingerprint density at radius 1 is 1.14 bits per heavy atom. The Morgan fingerprint density at radius 2 is 1.92 bits per heavy atom. The van der Waals surface area contributed by atoms with E-state index in [2.05, 4.69) is 36.1 Å². The topological polar surface area (TPSA) is 95.7 Å². The van der Waals surface area contributed by atoms with Crippen molar-refractivity contribution in [3.8, 4) is 0 Å². The number of amides is 3. The largest absolute Gasteiger partial charge is 0.361 e. The Bertz CT molecular complexity index is 954. The Hall–Kier alpha value is -2.38. The molecule has 0 aromatic carbocycles. The molecule has 206 valence electrons. The van der Waals surface area contributed by atoms with E-state index < -0.39 is 0 Å². The number of carbonyl (C=O) groups is 3. The number of fused-ring (bicyclic) bond motifs is 4. The second-order valence-corrected chi connectivity index (χ2v) is 12.3. The molecule has 3 aliphatic heterocycles. The van der Waals surface area contributed by atoms with Gasteiger partial charge < -0.3 is 19.6 Å². The van der Waals surface area contributed by atoms with Crippen LogP contribution >= 0.6 is 0 Å². The van der Waals surface area contributed by atoms with E-state index >= 15 is 0 Å². The van der Waals surface area contributed by atoms with Gasteiger partial charge in [0, 0.05) is 56.5 Å². The number of aryl methyl sites for hydroxylation is 2. The molecule has 3 aliphatic rings. The van der Waals surface area contributed by atoms with Crippen LogP contribution in [0.4, 0.5) is 0 Å². The lowest BCUT2D eigenvalue weighted by Crippen LogP contribution is -2.60. The molecule has 2 bridgehead atoms. The summed E-state index contributed by atoms with van der Waals surface area (Å²) in [6, 6.07) is 0.265. The molecule has 0 radical (unpaired) electrons. The average Bonchev–Trinajstić information content (AvgIpc) is 3.17. The van der Waals surface area contributed by atoms with Gasteiger partial charge in [-0.15, -0.1) is 0 Å². The minimum atomic E-state index is 0.101. The van der Waals surface area contributed by atoms with Crippen LogP contribution in [-0.2, 0) is 20.8 Å². The van der Waals surface area contributed by atoms with Gasteiger partial charge in [-0.25, -0.2) is 0 Å². The molecule has 3 fully saturated rings. The molecule has 3 saturated heterocycles. The van der Waals surface area contributed by atoms with E-state index in [9.17, 15) is 14.4 Å². The van der Waals surface area contributed by atoms with E-state index in [1.54, 1.807) is 0 Å². The first-order valence-corrected chi connectivity index (χ1v) is 14.4. The highest BCUT2D eigenvalue weighted by Gasteiger charge is 2.43. The molecule has 8 nitrogen and oxygen atoms in total. The van der Waals surface area contributed by atoms with E-state index in [-0.39, 0.29) is 41.6 Å². The number of aromatic nitrogens is 1. The van der Waals surface area contributed by atoms with Gasteiger partial charge in [0.25, 0.3) is 0 Å². The highest BCUT2D eigenvalue weighted by atomic mass is 16.5. The van der Waals surface area contributed by atoms with Gasteiger partial charge in [-0.2, -0.15) is 0 Å². The summed E-state index contributed by atoms with van der Waals surface area (Å²) in [5.74, 6) is 2.60. The zero-order valence-corrected chi connectivity index (χ0v) is 23.4. The third-order valence-electron chi connectivity index (χ3n) is 8.96. The molecule has 0 saturated carbocycles. The third kappa shape index (κ3) is 6.74. The van der Waals surface area contributed by atoms with E-state index in [1.807, 2.05) is 18.7 Å². The summed E-state index contributed by atoms with van der Waals surface area (Å²) in [6.07, 6.45) is 6.64. The summed E-state index contributed by atoms with van der Waals surface area (Å²) < 4.78 is 5.26. The van der Waals surface area contributed by atoms with Crippen LogP contribution in [0, 0.1) is 37.5 Å². The molecule has 0 spiro atoms. The van der Waals surface area contributed by atoms with Crippen LogP contribution in [0.2, 0.25) is 0 Å². The van der Waals surface area contributed by atoms with Crippen molar-refractivity contribution in [3.63, 3.8) is 0 Å². The van der Waals surface area contributed by atoms with Crippen molar-refractivity contribution < 1.29 is 18.9 Å². The minimum absolute atomic E-state index is 0.101. The van der Waals surface area contributed by atoms with Crippen LogP contribution in [0.5, 0.6) is 0 Å². The molecule has 37 heavy (non-hydrogen) atoms. The fourth-order valence-electron chi connectivity index (χ4n) is 6.76. The maximum atomic E-state index is 13.5. The first-order valence-electron chi connectivity index (χ1n) is 14.4. The molecule has 3 amide bonds. The Morgan fingerprint density at radius 3 is 2.62 bits per heavy atom. The molecule has 4 heterocycles. The molecule has 5 atom stereocenters. The van der Waals surface area contributed by atoms with Crippen LogP contribution in [0.25, 0.3) is 0 Å². The quantitative estimate of drug-likeness (QED) is 0.655. The summed E-state index contributed by atoms with van der Waals surface area (Å²) in [6.45, 7) is 12.4. The van der Waals surface area contributed by atoms with E-state index in [0.717, 1.165) is 62.2 Å². The van der Waals surface area contributed by atoms with Crippen molar-refractivity contribution in [1.29, 1.82) is 0 Å². The van der Waals surface area contributed by atoms with Gasteiger partial charge >= 0.3 is 0 Å². The highest BCUT2D eigenvalue weighted by Crippen LogP contribution is 2.37. The van der Waals surface area contributed by atoms with Crippen LogP contribution in [0.1, 0.15) is 89.2 Å². The number of rotatable bonds is 4. The first kappa shape index (κ1) is 27.6. The summed E-state index contributed by atoms with van der Waals surface area (Å²) in [5.41, 5.74) is 1.89. The Balaban J connectivity index is 1.44. The number of piperidine rings is 2.